The Morgan fingerprint density at radius 3 is 2.62 bits per heavy atom. The van der Waals surface area contributed by atoms with Crippen molar-refractivity contribution in [1.82, 2.24) is 10.2 Å². The molecule has 5 heteroatoms. The molecule has 5 nitrogen and oxygen atoms in total. The summed E-state index contributed by atoms with van der Waals surface area (Å²) in [6.07, 6.45) is 3.33. The largest absolute Gasteiger partial charge is 0.466 e. The number of amides is 2. The summed E-state index contributed by atoms with van der Waals surface area (Å²) in [7, 11) is 0. The summed E-state index contributed by atoms with van der Waals surface area (Å²) in [5.74, 6) is 1.39. The number of aryl methyl sites for hydroxylation is 2. The van der Waals surface area contributed by atoms with Gasteiger partial charge in [-0.05, 0) is 39.2 Å². The van der Waals surface area contributed by atoms with Gasteiger partial charge < -0.3 is 14.6 Å². The molecule has 1 aromatic rings. The maximum Gasteiger partial charge on any atom is 0.257 e. The average Bonchev–Trinajstić information content (AvgIpc) is 3.21. The van der Waals surface area contributed by atoms with Crippen molar-refractivity contribution < 1.29 is 14.0 Å². The van der Waals surface area contributed by atoms with Gasteiger partial charge in [0.2, 0.25) is 5.91 Å². The van der Waals surface area contributed by atoms with E-state index in [4.69, 9.17) is 4.42 Å². The first-order chi connectivity index (χ1) is 10.0. The normalized spacial score (nSPS) is 14.0. The highest BCUT2D eigenvalue weighted by atomic mass is 16.3. The number of hydrogen-bond acceptors (Lipinski definition) is 3. The molecule has 0 spiro atoms. The van der Waals surface area contributed by atoms with Gasteiger partial charge in [-0.3, -0.25) is 9.59 Å². The Bertz CT molecular complexity index is 518. The Morgan fingerprint density at radius 1 is 1.38 bits per heavy atom. The van der Waals surface area contributed by atoms with Crippen molar-refractivity contribution in [2.24, 2.45) is 0 Å². The number of hydrogen-bond donors (Lipinski definition) is 1. The van der Waals surface area contributed by atoms with Crippen LogP contribution in [0.4, 0.5) is 0 Å². The number of nitrogens with one attached hydrogen (secondary N) is 1. The van der Waals surface area contributed by atoms with Gasteiger partial charge in [-0.25, -0.2) is 0 Å². The first-order valence-corrected chi connectivity index (χ1v) is 7.67. The van der Waals surface area contributed by atoms with E-state index in [0.29, 0.717) is 30.8 Å². The summed E-state index contributed by atoms with van der Waals surface area (Å²) in [5.41, 5.74) is 0.619. The fraction of sp³-hybridized carbons (Fsp3) is 0.625. The van der Waals surface area contributed by atoms with E-state index in [1.54, 1.807) is 13.0 Å². The zero-order chi connectivity index (χ0) is 15.4. The van der Waals surface area contributed by atoms with Crippen LogP contribution in [0.2, 0.25) is 0 Å². The van der Waals surface area contributed by atoms with Gasteiger partial charge in [0.1, 0.15) is 11.5 Å². The fourth-order valence-electron chi connectivity index (χ4n) is 2.41. The molecule has 2 rings (SSSR count). The molecule has 0 saturated heterocycles. The van der Waals surface area contributed by atoms with Crippen molar-refractivity contribution in [3.63, 3.8) is 0 Å². The van der Waals surface area contributed by atoms with Crippen LogP contribution in [0.25, 0.3) is 0 Å². The predicted octanol–water partition coefficient (Wildman–Crippen LogP) is 2.42. The molecule has 1 aliphatic rings. The van der Waals surface area contributed by atoms with E-state index in [1.807, 2.05) is 18.7 Å². The van der Waals surface area contributed by atoms with E-state index < -0.39 is 0 Å². The van der Waals surface area contributed by atoms with Gasteiger partial charge in [-0.15, -0.1) is 0 Å². The maximum absolute atomic E-state index is 12.6. The molecule has 1 fully saturated rings. The van der Waals surface area contributed by atoms with Crippen molar-refractivity contribution in [2.45, 2.75) is 52.5 Å². The number of rotatable bonds is 7. The second kappa shape index (κ2) is 6.78. The van der Waals surface area contributed by atoms with E-state index in [1.165, 1.54) is 0 Å². The highest BCUT2D eigenvalue weighted by molar-refractivity contribution is 5.96. The lowest BCUT2D eigenvalue weighted by Crippen LogP contribution is -2.37. The van der Waals surface area contributed by atoms with Crippen LogP contribution in [-0.2, 0) is 4.79 Å². The molecule has 0 aromatic carbocycles. The lowest BCUT2D eigenvalue weighted by molar-refractivity contribution is -0.121. The summed E-state index contributed by atoms with van der Waals surface area (Å²) in [5, 5.41) is 2.85. The SMILES string of the molecule is CCCNC(=O)CCN(C(=O)c1cc(C)oc1C)C1CC1. The predicted molar refractivity (Wildman–Crippen MR) is 80.2 cm³/mol. The van der Waals surface area contributed by atoms with Gasteiger partial charge in [0.05, 0.1) is 5.56 Å². The van der Waals surface area contributed by atoms with Crippen LogP contribution in [0, 0.1) is 13.8 Å². The monoisotopic (exact) mass is 292 g/mol. The number of carbonyl (C=O) groups is 2. The van der Waals surface area contributed by atoms with Gasteiger partial charge in [-0.2, -0.15) is 0 Å². The summed E-state index contributed by atoms with van der Waals surface area (Å²) < 4.78 is 5.44. The molecule has 21 heavy (non-hydrogen) atoms. The van der Waals surface area contributed by atoms with Crippen LogP contribution in [-0.4, -0.2) is 35.8 Å². The van der Waals surface area contributed by atoms with Crippen LogP contribution in [0.1, 0.15) is 54.5 Å². The molecule has 116 valence electrons. The van der Waals surface area contributed by atoms with E-state index >= 15 is 0 Å². The third kappa shape index (κ3) is 4.09. The molecule has 0 unspecified atom stereocenters. The average molecular weight is 292 g/mol. The molecule has 0 atom stereocenters. The molecule has 0 aliphatic heterocycles. The smallest absolute Gasteiger partial charge is 0.257 e. The zero-order valence-corrected chi connectivity index (χ0v) is 13.1. The van der Waals surface area contributed by atoms with Gasteiger partial charge in [0, 0.05) is 25.6 Å². The molecule has 1 N–H and O–H groups in total. The van der Waals surface area contributed by atoms with Gasteiger partial charge in [0.25, 0.3) is 5.91 Å². The Labute approximate surface area is 125 Å². The topological polar surface area (TPSA) is 62.6 Å². The minimum Gasteiger partial charge on any atom is -0.466 e. The van der Waals surface area contributed by atoms with Crippen molar-refractivity contribution in [3.05, 3.63) is 23.2 Å². The Kier molecular flexibility index (Phi) is 5.04. The highest BCUT2D eigenvalue weighted by Gasteiger charge is 2.34. The summed E-state index contributed by atoms with van der Waals surface area (Å²) in [6, 6.07) is 2.07. The standard InChI is InChI=1S/C16H24N2O3/c1-4-8-17-15(19)7-9-18(13-5-6-13)16(20)14-10-11(2)21-12(14)3/h10,13H,4-9H2,1-3H3,(H,17,19). The van der Waals surface area contributed by atoms with E-state index in [2.05, 4.69) is 5.32 Å². The number of nitrogens with zero attached hydrogens (tertiary/aromatic N) is 1. The molecule has 1 aromatic heterocycles. The lowest BCUT2D eigenvalue weighted by atomic mass is 10.2. The van der Waals surface area contributed by atoms with Crippen LogP contribution >= 0.6 is 0 Å². The molecular weight excluding hydrogens is 268 g/mol. The summed E-state index contributed by atoms with van der Waals surface area (Å²) in [4.78, 5) is 26.2. The van der Waals surface area contributed by atoms with E-state index in [-0.39, 0.29) is 17.9 Å². The fourth-order valence-corrected chi connectivity index (χ4v) is 2.41. The summed E-state index contributed by atoms with van der Waals surface area (Å²) in [6.45, 7) is 6.83. The highest BCUT2D eigenvalue weighted by Crippen LogP contribution is 2.29. The molecular formula is C16H24N2O3. The molecule has 0 radical (unpaired) electrons. The summed E-state index contributed by atoms with van der Waals surface area (Å²) >= 11 is 0. The maximum atomic E-state index is 12.6. The molecule has 2 amide bonds. The van der Waals surface area contributed by atoms with E-state index in [0.717, 1.165) is 25.0 Å². The Hall–Kier alpha value is -1.78. The molecule has 1 saturated carbocycles. The van der Waals surface area contributed by atoms with Crippen LogP contribution in [0.5, 0.6) is 0 Å². The van der Waals surface area contributed by atoms with E-state index in [9.17, 15) is 9.59 Å². The van der Waals surface area contributed by atoms with Gasteiger partial charge >= 0.3 is 0 Å². The molecule has 0 bridgehead atoms. The number of carbonyl (C=O) groups excluding carboxylic acids is 2. The van der Waals surface area contributed by atoms with Crippen molar-refractivity contribution in [1.29, 1.82) is 0 Å². The second-order valence-electron chi connectivity index (χ2n) is 5.66. The third-order valence-electron chi connectivity index (χ3n) is 3.67. The van der Waals surface area contributed by atoms with Gasteiger partial charge in [-0.1, -0.05) is 6.92 Å². The van der Waals surface area contributed by atoms with Crippen LogP contribution in [0.15, 0.2) is 10.5 Å². The second-order valence-corrected chi connectivity index (χ2v) is 5.66. The third-order valence-corrected chi connectivity index (χ3v) is 3.67. The van der Waals surface area contributed by atoms with Crippen molar-refractivity contribution >= 4 is 11.8 Å². The van der Waals surface area contributed by atoms with Crippen molar-refractivity contribution in [3.8, 4) is 0 Å². The Balaban J connectivity index is 1.97. The number of furan rings is 1. The van der Waals surface area contributed by atoms with Crippen molar-refractivity contribution in [2.75, 3.05) is 13.1 Å². The molecule has 1 heterocycles. The van der Waals surface area contributed by atoms with Crippen LogP contribution in [0.3, 0.4) is 0 Å². The first kappa shape index (κ1) is 15.6. The Morgan fingerprint density at radius 2 is 2.10 bits per heavy atom. The molecule has 1 aliphatic carbocycles. The minimum atomic E-state index is -0.0184. The van der Waals surface area contributed by atoms with Crippen LogP contribution < -0.4 is 5.32 Å². The van der Waals surface area contributed by atoms with Gasteiger partial charge in [0.15, 0.2) is 0 Å². The first-order valence-electron chi connectivity index (χ1n) is 7.67. The minimum absolute atomic E-state index is 0.00963. The zero-order valence-electron chi connectivity index (χ0n) is 13.1. The quantitative estimate of drug-likeness (QED) is 0.839. The lowest BCUT2D eigenvalue weighted by Gasteiger charge is -2.22.